The first-order valence-corrected chi connectivity index (χ1v) is 9.28. The van der Waals surface area contributed by atoms with Crippen molar-refractivity contribution in [2.75, 3.05) is 24.3 Å². The summed E-state index contributed by atoms with van der Waals surface area (Å²) in [5, 5.41) is 5.79. The van der Waals surface area contributed by atoms with E-state index in [1.165, 1.54) is 17.8 Å². The Kier molecular flexibility index (Phi) is 5.34. The van der Waals surface area contributed by atoms with Crippen LogP contribution in [-0.4, -0.2) is 25.5 Å². The third-order valence-corrected chi connectivity index (χ3v) is 5.31. The van der Waals surface area contributed by atoms with Gasteiger partial charge in [0, 0.05) is 18.6 Å². The van der Waals surface area contributed by atoms with Gasteiger partial charge in [-0.15, -0.1) is 0 Å². The number of halogens is 2. The van der Waals surface area contributed by atoms with Crippen LogP contribution in [0.3, 0.4) is 0 Å². The van der Waals surface area contributed by atoms with Crippen LogP contribution in [-0.2, 0) is 4.79 Å². The second-order valence-corrected chi connectivity index (χ2v) is 7.71. The fraction of sp³-hybridized carbons (Fsp3) is 0.167. The van der Waals surface area contributed by atoms with Crippen molar-refractivity contribution in [3.8, 4) is 0 Å². The van der Waals surface area contributed by atoms with E-state index in [0.29, 0.717) is 10.6 Å². The van der Waals surface area contributed by atoms with Gasteiger partial charge in [0.1, 0.15) is 5.82 Å². The van der Waals surface area contributed by atoms with Crippen LogP contribution in [0.1, 0.15) is 5.56 Å². The maximum Gasteiger partial charge on any atom is 0.260 e. The predicted molar refractivity (Wildman–Crippen MR) is 106 cm³/mol. The molecule has 7 heteroatoms. The first-order chi connectivity index (χ1) is 11.9. The number of hydrogen-bond acceptors (Lipinski definition) is 4. The number of para-hydroxylation sites is 1. The average Bonchev–Trinajstić information content (AvgIpc) is 2.89. The number of carbonyl (C=O) groups is 1. The number of amides is 1. The number of benzene rings is 2. The highest BCUT2D eigenvalue weighted by Crippen LogP contribution is 2.32. The van der Waals surface area contributed by atoms with E-state index in [-0.39, 0.29) is 11.7 Å². The van der Waals surface area contributed by atoms with E-state index in [0.717, 1.165) is 15.7 Å². The summed E-state index contributed by atoms with van der Waals surface area (Å²) in [5.41, 5.74) is 1.94. The van der Waals surface area contributed by atoms with Crippen molar-refractivity contribution in [2.24, 2.45) is 0 Å². The van der Waals surface area contributed by atoms with Gasteiger partial charge in [0.25, 0.3) is 5.91 Å². The normalized spacial score (nSPS) is 18.3. The zero-order chi connectivity index (χ0) is 18.0. The maximum atomic E-state index is 13.7. The van der Waals surface area contributed by atoms with E-state index in [2.05, 4.69) is 26.6 Å². The molecule has 4 nitrogen and oxygen atoms in total. The maximum absolute atomic E-state index is 13.7. The Balaban J connectivity index is 1.75. The largest absolute Gasteiger partial charge is 0.377 e. The lowest BCUT2D eigenvalue weighted by Gasteiger charge is -2.14. The molecule has 0 aliphatic carbocycles. The van der Waals surface area contributed by atoms with Gasteiger partial charge >= 0.3 is 0 Å². The summed E-state index contributed by atoms with van der Waals surface area (Å²) < 4.78 is 14.7. The molecule has 3 rings (SSSR count). The van der Waals surface area contributed by atoms with Gasteiger partial charge in [-0.05, 0) is 51.8 Å². The van der Waals surface area contributed by atoms with Gasteiger partial charge in [0.2, 0.25) is 0 Å². The third-order valence-electron chi connectivity index (χ3n) is 3.64. The molecule has 1 aliphatic rings. The summed E-state index contributed by atoms with van der Waals surface area (Å²) in [6.07, 6.45) is 1.83. The summed E-state index contributed by atoms with van der Waals surface area (Å²) in [7, 11) is 3.94. The summed E-state index contributed by atoms with van der Waals surface area (Å²) in [5.74, 6) is -0.523. The van der Waals surface area contributed by atoms with Crippen molar-refractivity contribution >= 4 is 51.0 Å². The number of nitrogens with one attached hydrogen (secondary N) is 2. The Bertz CT molecular complexity index is 841. The topological polar surface area (TPSA) is 44.4 Å². The van der Waals surface area contributed by atoms with Crippen molar-refractivity contribution in [3.05, 3.63) is 63.2 Å². The third kappa shape index (κ3) is 4.16. The van der Waals surface area contributed by atoms with Gasteiger partial charge in [-0.3, -0.25) is 4.79 Å². The fourth-order valence-corrected chi connectivity index (χ4v) is 4.14. The first-order valence-electron chi connectivity index (χ1n) is 7.61. The molecule has 1 aliphatic heterocycles. The molecule has 1 amide bonds. The van der Waals surface area contributed by atoms with E-state index in [4.69, 9.17) is 0 Å². The minimum absolute atomic E-state index is 0.174. The van der Waals surface area contributed by atoms with Crippen molar-refractivity contribution in [2.45, 2.75) is 5.50 Å². The number of nitrogens with zero attached hydrogens (tertiary/aromatic N) is 1. The first kappa shape index (κ1) is 17.8. The van der Waals surface area contributed by atoms with Gasteiger partial charge in [-0.1, -0.05) is 30.0 Å². The molecule has 2 aromatic rings. The quantitative estimate of drug-likeness (QED) is 0.724. The molecule has 2 N–H and O–H groups in total. The minimum Gasteiger partial charge on any atom is -0.377 e. The molecule has 130 valence electrons. The molecule has 1 unspecified atom stereocenters. The Hall–Kier alpha value is -1.99. The summed E-state index contributed by atoms with van der Waals surface area (Å²) in [6.45, 7) is 0. The molecule has 0 aromatic heterocycles. The summed E-state index contributed by atoms with van der Waals surface area (Å²) in [4.78, 5) is 14.8. The molecule has 0 saturated carbocycles. The lowest BCUT2D eigenvalue weighted by Crippen LogP contribution is -2.31. The molecule has 1 saturated heterocycles. The molecule has 1 fully saturated rings. The molecule has 0 spiro atoms. The van der Waals surface area contributed by atoms with Gasteiger partial charge < -0.3 is 15.5 Å². The van der Waals surface area contributed by atoms with E-state index in [1.54, 1.807) is 18.2 Å². The van der Waals surface area contributed by atoms with Gasteiger partial charge in [-0.25, -0.2) is 4.39 Å². The minimum atomic E-state index is -0.403. The number of hydrogen-bond donors (Lipinski definition) is 2. The lowest BCUT2D eigenvalue weighted by molar-refractivity contribution is -0.116. The van der Waals surface area contributed by atoms with E-state index < -0.39 is 5.50 Å². The van der Waals surface area contributed by atoms with E-state index in [1.807, 2.05) is 43.3 Å². The average molecular weight is 422 g/mol. The number of anilines is 2. The van der Waals surface area contributed by atoms with Crippen LogP contribution in [0.5, 0.6) is 0 Å². The molecule has 2 aromatic carbocycles. The van der Waals surface area contributed by atoms with Crippen LogP contribution in [0, 0.1) is 5.82 Å². The molecular formula is C18H17BrFN3OS. The highest BCUT2D eigenvalue weighted by molar-refractivity contribution is 9.10. The Morgan fingerprint density at radius 3 is 2.72 bits per heavy atom. The van der Waals surface area contributed by atoms with Crippen molar-refractivity contribution in [3.63, 3.8) is 0 Å². The van der Waals surface area contributed by atoms with Crippen LogP contribution in [0.4, 0.5) is 15.8 Å². The fourth-order valence-electron chi connectivity index (χ4n) is 2.41. The van der Waals surface area contributed by atoms with Gasteiger partial charge in [0.15, 0.2) is 5.50 Å². The highest BCUT2D eigenvalue weighted by Gasteiger charge is 2.27. The van der Waals surface area contributed by atoms with Crippen LogP contribution in [0.2, 0.25) is 0 Å². The standard InChI is InChI=1S/C18H17BrFN3OS/c1-23(2)15-8-7-11(9-12(15)19)10-16-17(24)22-18(25-16)21-14-6-4-3-5-13(14)20/h3-10,18,21H,1-2H3,(H,22,24)/b16-10-. The van der Waals surface area contributed by atoms with E-state index >= 15 is 0 Å². The molecule has 1 heterocycles. The summed E-state index contributed by atoms with van der Waals surface area (Å²) in [6, 6.07) is 12.3. The zero-order valence-corrected chi connectivity index (χ0v) is 16.1. The number of thioether (sulfide) groups is 1. The Labute approximate surface area is 158 Å². The monoisotopic (exact) mass is 421 g/mol. The van der Waals surface area contributed by atoms with Gasteiger partial charge in [0.05, 0.1) is 16.3 Å². The van der Waals surface area contributed by atoms with Crippen molar-refractivity contribution in [1.82, 2.24) is 5.32 Å². The predicted octanol–water partition coefficient (Wildman–Crippen LogP) is 4.25. The van der Waals surface area contributed by atoms with Crippen LogP contribution in [0.15, 0.2) is 51.8 Å². The van der Waals surface area contributed by atoms with E-state index in [9.17, 15) is 9.18 Å². The number of rotatable bonds is 4. The van der Waals surface area contributed by atoms with Gasteiger partial charge in [-0.2, -0.15) is 0 Å². The van der Waals surface area contributed by atoms with Crippen LogP contribution < -0.4 is 15.5 Å². The lowest BCUT2D eigenvalue weighted by atomic mass is 10.2. The van der Waals surface area contributed by atoms with Crippen molar-refractivity contribution < 1.29 is 9.18 Å². The highest BCUT2D eigenvalue weighted by atomic mass is 79.9. The second-order valence-electron chi connectivity index (χ2n) is 5.71. The Morgan fingerprint density at radius 2 is 2.04 bits per heavy atom. The molecule has 25 heavy (non-hydrogen) atoms. The molecule has 0 radical (unpaired) electrons. The second kappa shape index (κ2) is 7.49. The Morgan fingerprint density at radius 1 is 1.28 bits per heavy atom. The molecular weight excluding hydrogens is 405 g/mol. The smallest absolute Gasteiger partial charge is 0.260 e. The zero-order valence-electron chi connectivity index (χ0n) is 13.7. The summed E-state index contributed by atoms with van der Waals surface area (Å²) >= 11 is 4.87. The SMILES string of the molecule is CN(C)c1ccc(/C=C2\SC(Nc3ccccc3F)NC2=O)cc1Br. The van der Waals surface area contributed by atoms with Crippen molar-refractivity contribution in [1.29, 1.82) is 0 Å². The molecule has 0 bridgehead atoms. The van der Waals surface area contributed by atoms with Crippen LogP contribution in [0.25, 0.3) is 6.08 Å². The molecule has 1 atom stereocenters. The van der Waals surface area contributed by atoms with Crippen LogP contribution >= 0.6 is 27.7 Å². The number of carbonyl (C=O) groups excluding carboxylic acids is 1.